The van der Waals surface area contributed by atoms with E-state index in [1.54, 1.807) is 12.1 Å². The molecular weight excluding hydrogens is 276 g/mol. The first-order chi connectivity index (χ1) is 9.58. The zero-order chi connectivity index (χ0) is 14.5. The molecule has 2 rings (SSSR count). The molecule has 108 valence electrons. The lowest BCUT2D eigenvalue weighted by Gasteiger charge is -2.15. The number of hydrogen-bond donors (Lipinski definition) is 2. The normalized spacial score (nSPS) is 17.2. The molecule has 0 spiro atoms. The zero-order valence-corrected chi connectivity index (χ0v) is 11.9. The molecule has 0 aliphatic heterocycles. The van der Waals surface area contributed by atoms with Crippen molar-refractivity contribution in [1.82, 2.24) is 5.32 Å². The van der Waals surface area contributed by atoms with Crippen molar-refractivity contribution in [2.45, 2.75) is 30.2 Å². The van der Waals surface area contributed by atoms with Crippen LogP contribution < -0.4 is 11.1 Å². The SMILES string of the molecule is NC(=O)[C@H](CC[S@@](=O)c1ccccc1)NC(=O)C1CC1. The van der Waals surface area contributed by atoms with Crippen molar-refractivity contribution >= 4 is 22.6 Å². The summed E-state index contributed by atoms with van der Waals surface area (Å²) >= 11 is 0. The number of primary amides is 1. The minimum Gasteiger partial charge on any atom is -0.368 e. The van der Waals surface area contributed by atoms with Crippen molar-refractivity contribution in [3.05, 3.63) is 30.3 Å². The first kappa shape index (κ1) is 14.7. The standard InChI is InChI=1S/C14H18N2O3S/c15-13(17)12(16-14(18)10-6-7-10)8-9-20(19)11-4-2-1-3-5-11/h1-5,10,12H,6-9H2,(H2,15,17)(H,16,18)/t12-,20+/m0/s1. The number of benzene rings is 1. The summed E-state index contributed by atoms with van der Waals surface area (Å²) in [4.78, 5) is 23.7. The highest BCUT2D eigenvalue weighted by molar-refractivity contribution is 7.85. The smallest absolute Gasteiger partial charge is 0.240 e. The summed E-state index contributed by atoms with van der Waals surface area (Å²) in [6.07, 6.45) is 2.02. The van der Waals surface area contributed by atoms with Crippen LogP contribution in [0.25, 0.3) is 0 Å². The monoisotopic (exact) mass is 294 g/mol. The van der Waals surface area contributed by atoms with E-state index in [1.165, 1.54) is 0 Å². The lowest BCUT2D eigenvalue weighted by Crippen LogP contribution is -2.45. The largest absolute Gasteiger partial charge is 0.368 e. The van der Waals surface area contributed by atoms with Gasteiger partial charge in [0.1, 0.15) is 6.04 Å². The molecule has 1 aliphatic carbocycles. The zero-order valence-electron chi connectivity index (χ0n) is 11.1. The van der Waals surface area contributed by atoms with Crippen LogP contribution in [0.15, 0.2) is 35.2 Å². The molecule has 2 amide bonds. The Balaban J connectivity index is 1.87. The third kappa shape index (κ3) is 4.16. The van der Waals surface area contributed by atoms with Crippen LogP contribution in [-0.4, -0.2) is 27.8 Å². The first-order valence-electron chi connectivity index (χ1n) is 6.61. The molecule has 0 saturated heterocycles. The predicted octanol–water partition coefficient (Wildman–Crippen LogP) is 0.564. The molecule has 0 radical (unpaired) electrons. The van der Waals surface area contributed by atoms with Crippen molar-refractivity contribution in [3.8, 4) is 0 Å². The number of rotatable bonds is 7. The van der Waals surface area contributed by atoms with Gasteiger partial charge in [0.2, 0.25) is 11.8 Å². The molecule has 6 heteroatoms. The van der Waals surface area contributed by atoms with E-state index in [1.807, 2.05) is 18.2 Å². The van der Waals surface area contributed by atoms with Gasteiger partial charge in [-0.3, -0.25) is 13.8 Å². The van der Waals surface area contributed by atoms with Gasteiger partial charge in [0.25, 0.3) is 0 Å². The highest BCUT2D eigenvalue weighted by Crippen LogP contribution is 2.28. The van der Waals surface area contributed by atoms with E-state index in [9.17, 15) is 13.8 Å². The Morgan fingerprint density at radius 1 is 1.30 bits per heavy atom. The average molecular weight is 294 g/mol. The summed E-state index contributed by atoms with van der Waals surface area (Å²) in [7, 11) is -1.19. The van der Waals surface area contributed by atoms with Crippen LogP contribution in [0.4, 0.5) is 0 Å². The van der Waals surface area contributed by atoms with Crippen LogP contribution in [0.2, 0.25) is 0 Å². The third-order valence-corrected chi connectivity index (χ3v) is 4.61. The fourth-order valence-electron chi connectivity index (χ4n) is 1.84. The van der Waals surface area contributed by atoms with E-state index in [2.05, 4.69) is 5.32 Å². The van der Waals surface area contributed by atoms with E-state index < -0.39 is 22.7 Å². The summed E-state index contributed by atoms with van der Waals surface area (Å²) in [6, 6.07) is 8.29. The summed E-state index contributed by atoms with van der Waals surface area (Å²) in [5.74, 6) is -0.387. The van der Waals surface area contributed by atoms with Crippen LogP contribution in [0.5, 0.6) is 0 Å². The maximum absolute atomic E-state index is 12.1. The van der Waals surface area contributed by atoms with Crippen molar-refractivity contribution in [2.75, 3.05) is 5.75 Å². The second-order valence-electron chi connectivity index (χ2n) is 4.89. The molecule has 1 aliphatic rings. The van der Waals surface area contributed by atoms with Gasteiger partial charge in [-0.2, -0.15) is 0 Å². The molecule has 2 atom stereocenters. The second kappa shape index (κ2) is 6.65. The minimum absolute atomic E-state index is 0.0245. The maximum Gasteiger partial charge on any atom is 0.240 e. The Kier molecular flexibility index (Phi) is 4.89. The minimum atomic E-state index is -1.19. The predicted molar refractivity (Wildman–Crippen MR) is 76.2 cm³/mol. The third-order valence-electron chi connectivity index (χ3n) is 3.21. The van der Waals surface area contributed by atoms with Crippen molar-refractivity contribution in [2.24, 2.45) is 11.7 Å². The Morgan fingerprint density at radius 3 is 2.50 bits per heavy atom. The Hall–Kier alpha value is -1.69. The Morgan fingerprint density at radius 2 is 1.95 bits per heavy atom. The molecule has 0 heterocycles. The summed E-state index contributed by atoms with van der Waals surface area (Å²) in [5.41, 5.74) is 5.28. The average Bonchev–Trinajstić information content (AvgIpc) is 3.28. The summed E-state index contributed by atoms with van der Waals surface area (Å²) in [5, 5.41) is 2.64. The van der Waals surface area contributed by atoms with Gasteiger partial charge in [-0.05, 0) is 31.4 Å². The molecule has 5 nitrogen and oxygen atoms in total. The lowest BCUT2D eigenvalue weighted by atomic mass is 10.2. The number of nitrogens with one attached hydrogen (secondary N) is 1. The van der Waals surface area contributed by atoms with Crippen LogP contribution in [-0.2, 0) is 20.4 Å². The van der Waals surface area contributed by atoms with E-state index in [0.717, 1.165) is 12.8 Å². The van der Waals surface area contributed by atoms with Gasteiger partial charge in [0, 0.05) is 16.6 Å². The van der Waals surface area contributed by atoms with Gasteiger partial charge in [-0.1, -0.05) is 18.2 Å². The van der Waals surface area contributed by atoms with Gasteiger partial charge < -0.3 is 11.1 Å². The fourth-order valence-corrected chi connectivity index (χ4v) is 2.98. The first-order valence-corrected chi connectivity index (χ1v) is 7.93. The van der Waals surface area contributed by atoms with Crippen LogP contribution in [0.1, 0.15) is 19.3 Å². The summed E-state index contributed by atoms with van der Waals surface area (Å²) < 4.78 is 12.1. The number of carbonyl (C=O) groups is 2. The van der Waals surface area contributed by atoms with E-state index in [-0.39, 0.29) is 18.2 Å². The molecule has 0 aromatic heterocycles. The van der Waals surface area contributed by atoms with Crippen LogP contribution in [0.3, 0.4) is 0 Å². The van der Waals surface area contributed by atoms with Crippen molar-refractivity contribution in [3.63, 3.8) is 0 Å². The molecule has 3 N–H and O–H groups in total. The van der Waals surface area contributed by atoms with Crippen LogP contribution in [0, 0.1) is 5.92 Å². The number of nitrogens with two attached hydrogens (primary N) is 1. The Bertz CT molecular complexity index is 514. The van der Waals surface area contributed by atoms with Gasteiger partial charge in [-0.25, -0.2) is 0 Å². The lowest BCUT2D eigenvalue weighted by molar-refractivity contribution is -0.128. The second-order valence-corrected chi connectivity index (χ2v) is 6.46. The van der Waals surface area contributed by atoms with Gasteiger partial charge in [0.15, 0.2) is 0 Å². The van der Waals surface area contributed by atoms with Crippen molar-refractivity contribution < 1.29 is 13.8 Å². The molecule has 1 saturated carbocycles. The molecule has 1 fully saturated rings. The topological polar surface area (TPSA) is 89.3 Å². The molecule has 20 heavy (non-hydrogen) atoms. The fraction of sp³-hybridized carbons (Fsp3) is 0.429. The molecule has 0 unspecified atom stereocenters. The number of amides is 2. The highest BCUT2D eigenvalue weighted by Gasteiger charge is 2.32. The van der Waals surface area contributed by atoms with Crippen molar-refractivity contribution in [1.29, 1.82) is 0 Å². The summed E-state index contributed by atoms with van der Waals surface area (Å²) in [6.45, 7) is 0. The maximum atomic E-state index is 12.1. The Labute approximate surface area is 120 Å². The molecule has 1 aromatic carbocycles. The highest BCUT2D eigenvalue weighted by atomic mass is 32.2. The van der Waals surface area contributed by atoms with E-state index in [0.29, 0.717) is 10.6 Å². The van der Waals surface area contributed by atoms with Gasteiger partial charge in [0.05, 0.1) is 10.8 Å². The van der Waals surface area contributed by atoms with E-state index >= 15 is 0 Å². The molecular formula is C14H18N2O3S. The van der Waals surface area contributed by atoms with Crippen LogP contribution >= 0.6 is 0 Å². The van der Waals surface area contributed by atoms with E-state index in [4.69, 9.17) is 5.73 Å². The van der Waals surface area contributed by atoms with Gasteiger partial charge in [-0.15, -0.1) is 0 Å². The molecule has 0 bridgehead atoms. The van der Waals surface area contributed by atoms with Gasteiger partial charge >= 0.3 is 0 Å². The number of carbonyl (C=O) groups excluding carboxylic acids is 2. The number of hydrogen-bond acceptors (Lipinski definition) is 3. The molecule has 1 aromatic rings. The quantitative estimate of drug-likeness (QED) is 0.770.